The molecule has 0 aliphatic rings. The van der Waals surface area contributed by atoms with Gasteiger partial charge in [0.1, 0.15) is 5.75 Å². The number of ether oxygens (including phenoxy) is 1. The lowest BCUT2D eigenvalue weighted by Gasteiger charge is -2.29. The molecular weight excluding hydrogens is 304 g/mol. The SMILES string of the molecule is COc1ccc(Br)c(CC(O)CC(C)C(C)(C)C)c1. The fraction of sp³-hybridized carbons (Fsp3) is 0.625. The van der Waals surface area contributed by atoms with E-state index in [1.165, 1.54) is 0 Å². The van der Waals surface area contributed by atoms with Crippen molar-refractivity contribution in [1.82, 2.24) is 0 Å². The number of aliphatic hydroxyl groups is 1. The Morgan fingerprint density at radius 2 is 1.95 bits per heavy atom. The molecule has 0 aliphatic heterocycles. The molecular formula is C16H25BrO2. The van der Waals surface area contributed by atoms with Gasteiger partial charge in [-0.3, -0.25) is 0 Å². The summed E-state index contributed by atoms with van der Waals surface area (Å²) in [5.74, 6) is 1.31. The molecule has 0 aliphatic carbocycles. The van der Waals surface area contributed by atoms with E-state index in [0.29, 0.717) is 12.3 Å². The highest BCUT2D eigenvalue weighted by Gasteiger charge is 2.23. The van der Waals surface area contributed by atoms with Crippen molar-refractivity contribution in [3.63, 3.8) is 0 Å². The Bertz CT molecular complexity index is 410. The first-order valence-corrected chi connectivity index (χ1v) is 7.53. The van der Waals surface area contributed by atoms with E-state index in [-0.39, 0.29) is 11.5 Å². The topological polar surface area (TPSA) is 29.5 Å². The third-order valence-corrected chi connectivity index (χ3v) is 4.59. The Kier molecular flexibility index (Phi) is 5.87. The van der Waals surface area contributed by atoms with E-state index in [0.717, 1.165) is 22.2 Å². The molecule has 3 heteroatoms. The molecule has 1 rings (SSSR count). The molecule has 2 atom stereocenters. The molecule has 108 valence electrons. The first-order chi connectivity index (χ1) is 8.74. The smallest absolute Gasteiger partial charge is 0.119 e. The van der Waals surface area contributed by atoms with Crippen molar-refractivity contribution in [3.05, 3.63) is 28.2 Å². The van der Waals surface area contributed by atoms with Crippen LogP contribution in [0.4, 0.5) is 0 Å². The van der Waals surface area contributed by atoms with E-state index < -0.39 is 0 Å². The van der Waals surface area contributed by atoms with Crippen LogP contribution in [0.5, 0.6) is 5.75 Å². The Hall–Kier alpha value is -0.540. The minimum Gasteiger partial charge on any atom is -0.497 e. The van der Waals surface area contributed by atoms with Crippen LogP contribution in [0, 0.1) is 11.3 Å². The van der Waals surface area contributed by atoms with Crippen LogP contribution < -0.4 is 4.74 Å². The maximum Gasteiger partial charge on any atom is 0.119 e. The van der Waals surface area contributed by atoms with Gasteiger partial charge in [-0.05, 0) is 47.9 Å². The molecule has 2 unspecified atom stereocenters. The molecule has 0 aromatic heterocycles. The van der Waals surface area contributed by atoms with Crippen LogP contribution in [-0.4, -0.2) is 18.3 Å². The number of rotatable bonds is 5. The third-order valence-electron chi connectivity index (χ3n) is 3.81. The highest BCUT2D eigenvalue weighted by Crippen LogP contribution is 2.31. The average Bonchev–Trinajstić information content (AvgIpc) is 2.30. The number of methoxy groups -OCH3 is 1. The molecule has 19 heavy (non-hydrogen) atoms. The standard InChI is InChI=1S/C16H25BrO2/c1-11(16(2,3)4)8-13(18)9-12-10-14(19-5)6-7-15(12)17/h6-7,10-11,13,18H,8-9H2,1-5H3. The normalized spacial score (nSPS) is 15.1. The van der Waals surface area contributed by atoms with Gasteiger partial charge in [-0.15, -0.1) is 0 Å². The van der Waals surface area contributed by atoms with Gasteiger partial charge in [0, 0.05) is 4.47 Å². The summed E-state index contributed by atoms with van der Waals surface area (Å²) in [5.41, 5.74) is 1.32. The molecule has 1 aromatic rings. The third kappa shape index (κ3) is 5.15. The second kappa shape index (κ2) is 6.76. The molecule has 0 radical (unpaired) electrons. The summed E-state index contributed by atoms with van der Waals surface area (Å²) in [7, 11) is 1.66. The summed E-state index contributed by atoms with van der Waals surface area (Å²) in [6.07, 6.45) is 1.14. The lowest BCUT2D eigenvalue weighted by atomic mass is 9.78. The van der Waals surface area contributed by atoms with Crippen LogP contribution in [0.2, 0.25) is 0 Å². The summed E-state index contributed by atoms with van der Waals surface area (Å²) < 4.78 is 6.25. The van der Waals surface area contributed by atoms with Crippen molar-refractivity contribution < 1.29 is 9.84 Å². The molecule has 1 N–H and O–H groups in total. The largest absolute Gasteiger partial charge is 0.497 e. The van der Waals surface area contributed by atoms with Gasteiger partial charge in [0.2, 0.25) is 0 Å². The van der Waals surface area contributed by atoms with Crippen LogP contribution in [0.25, 0.3) is 0 Å². The van der Waals surface area contributed by atoms with E-state index in [2.05, 4.69) is 43.6 Å². The van der Waals surface area contributed by atoms with Crippen molar-refractivity contribution >= 4 is 15.9 Å². The van der Waals surface area contributed by atoms with Crippen molar-refractivity contribution in [2.75, 3.05) is 7.11 Å². The van der Waals surface area contributed by atoms with E-state index >= 15 is 0 Å². The lowest BCUT2D eigenvalue weighted by Crippen LogP contribution is -2.24. The number of hydrogen-bond acceptors (Lipinski definition) is 2. The van der Waals surface area contributed by atoms with Crippen LogP contribution in [-0.2, 0) is 6.42 Å². The predicted molar refractivity (Wildman–Crippen MR) is 83.6 cm³/mol. The Labute approximate surface area is 125 Å². The average molecular weight is 329 g/mol. The highest BCUT2D eigenvalue weighted by atomic mass is 79.9. The zero-order valence-corrected chi connectivity index (χ0v) is 14.1. The number of hydrogen-bond donors (Lipinski definition) is 1. The molecule has 0 saturated heterocycles. The van der Waals surface area contributed by atoms with Crippen molar-refractivity contribution in [2.45, 2.75) is 46.6 Å². The maximum atomic E-state index is 10.3. The quantitative estimate of drug-likeness (QED) is 0.866. The molecule has 0 spiro atoms. The first-order valence-electron chi connectivity index (χ1n) is 6.74. The predicted octanol–water partition coefficient (Wildman–Crippen LogP) is 4.43. The highest BCUT2D eigenvalue weighted by molar-refractivity contribution is 9.10. The van der Waals surface area contributed by atoms with Crippen LogP contribution in [0.3, 0.4) is 0 Å². The van der Waals surface area contributed by atoms with Gasteiger partial charge in [-0.1, -0.05) is 43.6 Å². The van der Waals surface area contributed by atoms with Crippen LogP contribution in [0.1, 0.15) is 39.7 Å². The molecule has 0 amide bonds. The molecule has 0 bridgehead atoms. The molecule has 0 heterocycles. The number of halogens is 1. The van der Waals surface area contributed by atoms with Crippen LogP contribution in [0.15, 0.2) is 22.7 Å². The summed E-state index contributed by atoms with van der Waals surface area (Å²) in [6.45, 7) is 8.84. The zero-order valence-electron chi connectivity index (χ0n) is 12.5. The molecule has 0 saturated carbocycles. The van der Waals surface area contributed by atoms with Gasteiger partial charge >= 0.3 is 0 Å². The summed E-state index contributed by atoms with van der Waals surface area (Å²) in [6, 6.07) is 5.86. The second-order valence-corrected chi connectivity index (χ2v) is 7.17. The monoisotopic (exact) mass is 328 g/mol. The van der Waals surface area contributed by atoms with Gasteiger partial charge in [0.05, 0.1) is 13.2 Å². The Balaban J connectivity index is 2.69. The summed E-state index contributed by atoms with van der Waals surface area (Å²) >= 11 is 3.53. The maximum absolute atomic E-state index is 10.3. The van der Waals surface area contributed by atoms with E-state index in [1.807, 2.05) is 18.2 Å². The van der Waals surface area contributed by atoms with Crippen LogP contribution >= 0.6 is 15.9 Å². The minimum absolute atomic E-state index is 0.229. The first kappa shape index (κ1) is 16.5. The lowest BCUT2D eigenvalue weighted by molar-refractivity contribution is 0.110. The fourth-order valence-corrected chi connectivity index (χ4v) is 2.34. The van der Waals surface area contributed by atoms with Crippen molar-refractivity contribution in [3.8, 4) is 5.75 Å². The van der Waals surface area contributed by atoms with Crippen molar-refractivity contribution in [2.24, 2.45) is 11.3 Å². The zero-order chi connectivity index (χ0) is 14.6. The van der Waals surface area contributed by atoms with Gasteiger partial charge in [-0.25, -0.2) is 0 Å². The number of benzene rings is 1. The number of aliphatic hydroxyl groups excluding tert-OH is 1. The molecule has 0 fully saturated rings. The van der Waals surface area contributed by atoms with Gasteiger partial charge in [-0.2, -0.15) is 0 Å². The molecule has 1 aromatic carbocycles. The molecule has 2 nitrogen and oxygen atoms in total. The summed E-state index contributed by atoms with van der Waals surface area (Å²) in [4.78, 5) is 0. The Morgan fingerprint density at radius 1 is 1.32 bits per heavy atom. The summed E-state index contributed by atoms with van der Waals surface area (Å²) in [5, 5.41) is 10.3. The van der Waals surface area contributed by atoms with Gasteiger partial charge < -0.3 is 9.84 Å². The van der Waals surface area contributed by atoms with E-state index in [4.69, 9.17) is 4.74 Å². The minimum atomic E-state index is -0.322. The van der Waals surface area contributed by atoms with E-state index in [9.17, 15) is 5.11 Å². The fourth-order valence-electron chi connectivity index (χ4n) is 1.93. The van der Waals surface area contributed by atoms with Crippen molar-refractivity contribution in [1.29, 1.82) is 0 Å². The van der Waals surface area contributed by atoms with Gasteiger partial charge in [0.15, 0.2) is 0 Å². The Morgan fingerprint density at radius 3 is 2.47 bits per heavy atom. The van der Waals surface area contributed by atoms with Gasteiger partial charge in [0.25, 0.3) is 0 Å². The van der Waals surface area contributed by atoms with E-state index in [1.54, 1.807) is 7.11 Å². The second-order valence-electron chi connectivity index (χ2n) is 6.32.